The van der Waals surface area contributed by atoms with Crippen molar-refractivity contribution in [2.24, 2.45) is 23.7 Å². The third-order valence-electron chi connectivity index (χ3n) is 6.02. The van der Waals surface area contributed by atoms with Gasteiger partial charge < -0.3 is 5.32 Å². The predicted octanol–water partition coefficient (Wildman–Crippen LogP) is 4.27. The standard InChI is InChI=1S/C17H28BrNO/c18-16-7-3-6-15(16)11-19-17(20)14-9-8-12-4-1-2-5-13(12)10-14/h12-16H,1-11H2,(H,19,20). The molecule has 2 nitrogen and oxygen atoms in total. The second kappa shape index (κ2) is 6.81. The zero-order valence-electron chi connectivity index (χ0n) is 12.5. The summed E-state index contributed by atoms with van der Waals surface area (Å²) in [4.78, 5) is 13.0. The topological polar surface area (TPSA) is 29.1 Å². The molecule has 0 aromatic carbocycles. The molecule has 3 saturated carbocycles. The number of rotatable bonds is 3. The summed E-state index contributed by atoms with van der Waals surface area (Å²) >= 11 is 3.75. The van der Waals surface area contributed by atoms with Gasteiger partial charge in [-0.05, 0) is 49.9 Å². The van der Waals surface area contributed by atoms with Crippen LogP contribution >= 0.6 is 15.9 Å². The van der Waals surface area contributed by atoms with Crippen LogP contribution in [0.4, 0.5) is 0 Å². The van der Waals surface area contributed by atoms with Crippen LogP contribution in [0.1, 0.15) is 64.2 Å². The summed E-state index contributed by atoms with van der Waals surface area (Å²) in [7, 11) is 0. The van der Waals surface area contributed by atoms with Gasteiger partial charge in [-0.3, -0.25) is 4.79 Å². The Labute approximate surface area is 131 Å². The van der Waals surface area contributed by atoms with E-state index >= 15 is 0 Å². The summed E-state index contributed by atoms with van der Waals surface area (Å²) in [6.07, 6.45) is 13.1. The maximum absolute atomic E-state index is 12.4. The number of fused-ring (bicyclic) bond motifs is 1. The van der Waals surface area contributed by atoms with Crippen molar-refractivity contribution in [1.29, 1.82) is 0 Å². The highest BCUT2D eigenvalue weighted by Crippen LogP contribution is 2.42. The van der Waals surface area contributed by atoms with Gasteiger partial charge in [-0.25, -0.2) is 0 Å². The smallest absolute Gasteiger partial charge is 0.223 e. The molecule has 0 aromatic rings. The van der Waals surface area contributed by atoms with Gasteiger partial charge in [-0.2, -0.15) is 0 Å². The fourth-order valence-electron chi connectivity index (χ4n) is 4.71. The molecule has 0 saturated heterocycles. The van der Waals surface area contributed by atoms with Crippen LogP contribution in [0.15, 0.2) is 0 Å². The van der Waals surface area contributed by atoms with E-state index in [1.807, 2.05) is 0 Å². The fraction of sp³-hybridized carbons (Fsp3) is 0.941. The molecule has 5 atom stereocenters. The molecule has 0 heterocycles. The third kappa shape index (κ3) is 3.40. The van der Waals surface area contributed by atoms with Crippen molar-refractivity contribution < 1.29 is 4.79 Å². The van der Waals surface area contributed by atoms with Gasteiger partial charge in [0, 0.05) is 17.3 Å². The molecule has 0 aromatic heterocycles. The molecule has 3 heteroatoms. The van der Waals surface area contributed by atoms with Crippen LogP contribution in [-0.2, 0) is 4.79 Å². The lowest BCUT2D eigenvalue weighted by atomic mass is 9.67. The van der Waals surface area contributed by atoms with E-state index in [1.165, 1.54) is 57.8 Å². The molecule has 3 fully saturated rings. The molecule has 0 bridgehead atoms. The number of hydrogen-bond donors (Lipinski definition) is 1. The van der Waals surface area contributed by atoms with Gasteiger partial charge in [0.05, 0.1) is 0 Å². The molecule has 1 amide bonds. The van der Waals surface area contributed by atoms with E-state index in [4.69, 9.17) is 0 Å². The summed E-state index contributed by atoms with van der Waals surface area (Å²) in [5, 5.41) is 3.25. The number of carbonyl (C=O) groups excluding carboxylic acids is 1. The van der Waals surface area contributed by atoms with E-state index < -0.39 is 0 Å². The maximum Gasteiger partial charge on any atom is 0.223 e. The fourth-order valence-corrected chi connectivity index (χ4v) is 5.48. The predicted molar refractivity (Wildman–Crippen MR) is 85.9 cm³/mol. The molecule has 0 spiro atoms. The Hall–Kier alpha value is -0.0500. The van der Waals surface area contributed by atoms with Crippen molar-refractivity contribution in [3.05, 3.63) is 0 Å². The average molecular weight is 342 g/mol. The Morgan fingerprint density at radius 2 is 1.75 bits per heavy atom. The highest BCUT2D eigenvalue weighted by Gasteiger charge is 2.35. The highest BCUT2D eigenvalue weighted by atomic mass is 79.9. The Morgan fingerprint density at radius 1 is 0.950 bits per heavy atom. The van der Waals surface area contributed by atoms with E-state index in [1.54, 1.807) is 0 Å². The lowest BCUT2D eigenvalue weighted by Gasteiger charge is -2.38. The number of carbonyl (C=O) groups is 1. The largest absolute Gasteiger partial charge is 0.356 e. The number of nitrogens with one attached hydrogen (secondary N) is 1. The van der Waals surface area contributed by atoms with Gasteiger partial charge in [0.25, 0.3) is 0 Å². The van der Waals surface area contributed by atoms with Crippen molar-refractivity contribution in [1.82, 2.24) is 5.32 Å². The zero-order chi connectivity index (χ0) is 13.9. The van der Waals surface area contributed by atoms with Crippen molar-refractivity contribution in [3.8, 4) is 0 Å². The Balaban J connectivity index is 1.45. The van der Waals surface area contributed by atoms with Crippen LogP contribution in [0, 0.1) is 23.7 Å². The summed E-state index contributed by atoms with van der Waals surface area (Å²) in [6.45, 7) is 0.888. The number of amides is 1. The number of alkyl halides is 1. The van der Waals surface area contributed by atoms with Gasteiger partial charge in [0.1, 0.15) is 0 Å². The van der Waals surface area contributed by atoms with Crippen molar-refractivity contribution in [2.45, 2.75) is 69.0 Å². The zero-order valence-corrected chi connectivity index (χ0v) is 14.0. The second-order valence-corrected chi connectivity index (χ2v) is 8.44. The molecule has 1 N–H and O–H groups in total. The molecular weight excluding hydrogens is 314 g/mol. The first-order valence-corrected chi connectivity index (χ1v) is 9.57. The quantitative estimate of drug-likeness (QED) is 0.763. The maximum atomic E-state index is 12.4. The number of halogens is 1. The van der Waals surface area contributed by atoms with Crippen LogP contribution in [0.2, 0.25) is 0 Å². The number of hydrogen-bond acceptors (Lipinski definition) is 1. The molecule has 0 radical (unpaired) electrons. The van der Waals surface area contributed by atoms with Gasteiger partial charge in [-0.1, -0.05) is 48.0 Å². The van der Waals surface area contributed by atoms with Crippen LogP contribution in [0.5, 0.6) is 0 Å². The second-order valence-electron chi connectivity index (χ2n) is 7.27. The monoisotopic (exact) mass is 341 g/mol. The van der Waals surface area contributed by atoms with E-state index in [2.05, 4.69) is 21.2 Å². The van der Waals surface area contributed by atoms with Crippen LogP contribution in [0.3, 0.4) is 0 Å². The summed E-state index contributed by atoms with van der Waals surface area (Å²) in [5.74, 6) is 3.10. The van der Waals surface area contributed by atoms with Gasteiger partial charge >= 0.3 is 0 Å². The Kier molecular flexibility index (Phi) is 5.06. The van der Waals surface area contributed by atoms with Gasteiger partial charge in [0.15, 0.2) is 0 Å². The normalized spacial score (nSPS) is 41.1. The minimum absolute atomic E-state index is 0.310. The van der Waals surface area contributed by atoms with E-state index in [9.17, 15) is 4.79 Å². The van der Waals surface area contributed by atoms with Crippen molar-refractivity contribution >= 4 is 21.8 Å². The van der Waals surface area contributed by atoms with E-state index in [0.717, 1.165) is 24.8 Å². The first-order valence-electron chi connectivity index (χ1n) is 8.66. The minimum Gasteiger partial charge on any atom is -0.356 e. The van der Waals surface area contributed by atoms with Crippen molar-refractivity contribution in [2.75, 3.05) is 6.54 Å². The summed E-state index contributed by atoms with van der Waals surface area (Å²) in [5.41, 5.74) is 0. The van der Waals surface area contributed by atoms with E-state index in [-0.39, 0.29) is 0 Å². The molecule has 5 unspecified atom stereocenters. The van der Waals surface area contributed by atoms with Crippen molar-refractivity contribution in [3.63, 3.8) is 0 Å². The Bertz CT molecular complexity index is 346. The molecule has 3 aliphatic rings. The van der Waals surface area contributed by atoms with Crippen LogP contribution in [-0.4, -0.2) is 17.3 Å². The van der Waals surface area contributed by atoms with E-state index in [0.29, 0.717) is 22.6 Å². The molecule has 3 aliphatic carbocycles. The summed E-state index contributed by atoms with van der Waals surface area (Å²) < 4.78 is 0. The van der Waals surface area contributed by atoms with Crippen LogP contribution < -0.4 is 5.32 Å². The lowest BCUT2D eigenvalue weighted by Crippen LogP contribution is -2.39. The lowest BCUT2D eigenvalue weighted by molar-refractivity contribution is -0.127. The molecule has 0 aliphatic heterocycles. The first kappa shape index (κ1) is 14.9. The third-order valence-corrected chi connectivity index (χ3v) is 7.22. The van der Waals surface area contributed by atoms with Gasteiger partial charge in [-0.15, -0.1) is 0 Å². The SMILES string of the molecule is O=C(NCC1CCCC1Br)C1CCC2CCCCC2C1. The van der Waals surface area contributed by atoms with Crippen LogP contribution in [0.25, 0.3) is 0 Å². The average Bonchev–Trinajstić information content (AvgIpc) is 2.89. The molecule has 114 valence electrons. The highest BCUT2D eigenvalue weighted by molar-refractivity contribution is 9.09. The Morgan fingerprint density at radius 3 is 2.50 bits per heavy atom. The summed E-state index contributed by atoms with van der Waals surface area (Å²) in [6, 6.07) is 0. The van der Waals surface area contributed by atoms with Gasteiger partial charge in [0.2, 0.25) is 5.91 Å². The molecule has 20 heavy (non-hydrogen) atoms. The minimum atomic E-state index is 0.310. The molecular formula is C17H28BrNO. The molecule has 3 rings (SSSR count). The first-order chi connectivity index (χ1) is 9.74.